The molecule has 0 radical (unpaired) electrons. The molecular formula is C22H21F2N5. The van der Waals surface area contributed by atoms with Gasteiger partial charge in [0.15, 0.2) is 22.9 Å². The molecule has 1 aliphatic heterocycles. The summed E-state index contributed by atoms with van der Waals surface area (Å²) in [6.07, 6.45) is 9.61. The summed E-state index contributed by atoms with van der Waals surface area (Å²) in [7, 11) is 2.17. The average Bonchev–Trinajstić information content (AvgIpc) is 3.42. The Morgan fingerprint density at radius 3 is 2.17 bits per heavy atom. The van der Waals surface area contributed by atoms with Crippen LogP contribution in [-0.2, 0) is 0 Å². The van der Waals surface area contributed by atoms with Crippen LogP contribution in [0.4, 0.5) is 8.78 Å². The number of halogens is 2. The van der Waals surface area contributed by atoms with Gasteiger partial charge in [-0.2, -0.15) is 0 Å². The zero-order chi connectivity index (χ0) is 19.9. The summed E-state index contributed by atoms with van der Waals surface area (Å²) in [6, 6.07) is 3.46. The lowest BCUT2D eigenvalue weighted by atomic mass is 9.92. The lowest BCUT2D eigenvalue weighted by molar-refractivity contribution is 0.241. The predicted octanol–water partition coefficient (Wildman–Crippen LogP) is 4.04. The van der Waals surface area contributed by atoms with Crippen LogP contribution in [-0.4, -0.2) is 43.3 Å². The number of nitrogens with zero attached hydrogens (tertiary/aromatic N) is 5. The fourth-order valence-electron chi connectivity index (χ4n) is 5.29. The predicted molar refractivity (Wildman–Crippen MR) is 106 cm³/mol. The van der Waals surface area contributed by atoms with E-state index in [0.29, 0.717) is 34.7 Å². The highest BCUT2D eigenvalue weighted by atomic mass is 19.1. The summed E-state index contributed by atoms with van der Waals surface area (Å²) in [5, 5.41) is 0. The van der Waals surface area contributed by atoms with Gasteiger partial charge in [-0.1, -0.05) is 0 Å². The van der Waals surface area contributed by atoms with E-state index in [9.17, 15) is 8.78 Å². The van der Waals surface area contributed by atoms with Crippen LogP contribution < -0.4 is 0 Å². The van der Waals surface area contributed by atoms with Crippen LogP contribution in [0, 0.1) is 24.5 Å². The van der Waals surface area contributed by atoms with Crippen molar-refractivity contribution in [1.82, 2.24) is 23.7 Å². The molecule has 6 rings (SSSR count). The van der Waals surface area contributed by atoms with Gasteiger partial charge in [-0.15, -0.1) is 0 Å². The molecule has 4 aromatic heterocycles. The molecule has 0 unspecified atom stereocenters. The van der Waals surface area contributed by atoms with Gasteiger partial charge in [0, 0.05) is 54.4 Å². The van der Waals surface area contributed by atoms with Crippen molar-refractivity contribution in [3.05, 3.63) is 59.9 Å². The van der Waals surface area contributed by atoms with E-state index in [1.165, 1.54) is 18.6 Å². The minimum Gasteiger partial charge on any atom is -0.304 e. The molecule has 1 aliphatic carbocycles. The van der Waals surface area contributed by atoms with E-state index >= 15 is 0 Å². The molecule has 7 heteroatoms. The first-order chi connectivity index (χ1) is 14.0. The van der Waals surface area contributed by atoms with Crippen molar-refractivity contribution < 1.29 is 8.78 Å². The fourth-order valence-corrected chi connectivity index (χ4v) is 5.29. The number of aryl methyl sites for hydroxylation is 1. The molecule has 5 heterocycles. The number of fused-ring (bicyclic) bond motifs is 4. The molecule has 0 amide bonds. The molecule has 0 aromatic carbocycles. The summed E-state index contributed by atoms with van der Waals surface area (Å²) in [4.78, 5) is 11.2. The first-order valence-electron chi connectivity index (χ1n) is 10.00. The number of imidazole rings is 2. The largest absolute Gasteiger partial charge is 0.304 e. The summed E-state index contributed by atoms with van der Waals surface area (Å²) in [6.45, 7) is 2.90. The van der Waals surface area contributed by atoms with Gasteiger partial charge >= 0.3 is 0 Å². The van der Waals surface area contributed by atoms with E-state index in [1.54, 1.807) is 21.2 Å². The van der Waals surface area contributed by atoms with E-state index in [-0.39, 0.29) is 5.65 Å². The molecule has 1 saturated heterocycles. The number of likely N-dealkylation sites (tertiary alicyclic amines) is 1. The third-order valence-electron chi connectivity index (χ3n) is 6.68. The molecular weight excluding hydrogens is 372 g/mol. The van der Waals surface area contributed by atoms with Gasteiger partial charge in [-0.05, 0) is 44.9 Å². The first-order valence-corrected chi connectivity index (χ1v) is 10.00. The maximum absolute atomic E-state index is 14.9. The van der Waals surface area contributed by atoms with Gasteiger partial charge < -0.3 is 13.7 Å². The minimum atomic E-state index is -0.423. The third kappa shape index (κ3) is 2.53. The van der Waals surface area contributed by atoms with Crippen LogP contribution in [0.2, 0.25) is 0 Å². The van der Waals surface area contributed by atoms with Crippen molar-refractivity contribution in [2.75, 3.05) is 13.6 Å². The number of rotatable bonds is 2. The quantitative estimate of drug-likeness (QED) is 0.516. The topological polar surface area (TPSA) is 37.8 Å². The SMILES string of the molecule is Cc1cn2cc(-c3cc(F)c4nc([C@H]5C[C@H]6C[C@H]5CN6C)cn4c3)cc(F)c2n1. The molecule has 2 aliphatic rings. The van der Waals surface area contributed by atoms with E-state index in [4.69, 9.17) is 0 Å². The van der Waals surface area contributed by atoms with E-state index in [2.05, 4.69) is 21.9 Å². The smallest absolute Gasteiger partial charge is 0.173 e. The van der Waals surface area contributed by atoms with Gasteiger partial charge in [-0.3, -0.25) is 0 Å². The average molecular weight is 393 g/mol. The second-order valence-electron chi connectivity index (χ2n) is 8.59. The van der Waals surface area contributed by atoms with E-state index in [1.807, 2.05) is 19.3 Å². The lowest BCUT2D eigenvalue weighted by Gasteiger charge is -2.27. The number of hydrogen-bond donors (Lipinski definition) is 0. The van der Waals surface area contributed by atoms with Crippen molar-refractivity contribution >= 4 is 11.3 Å². The van der Waals surface area contributed by atoms with Crippen molar-refractivity contribution in [1.29, 1.82) is 0 Å². The molecule has 0 spiro atoms. The Morgan fingerprint density at radius 2 is 1.55 bits per heavy atom. The summed E-state index contributed by atoms with van der Waals surface area (Å²) in [5.74, 6) is 0.171. The molecule has 1 saturated carbocycles. The lowest BCUT2D eigenvalue weighted by Crippen LogP contribution is -2.31. The maximum atomic E-state index is 14.9. The Bertz CT molecular complexity index is 1270. The third-order valence-corrected chi connectivity index (χ3v) is 6.68. The Hall–Kier alpha value is -2.80. The van der Waals surface area contributed by atoms with Crippen LogP contribution >= 0.6 is 0 Å². The normalized spacial score (nSPS) is 24.3. The molecule has 3 atom stereocenters. The first kappa shape index (κ1) is 17.1. The van der Waals surface area contributed by atoms with Gasteiger partial charge in [0.05, 0.1) is 11.4 Å². The molecule has 5 nitrogen and oxygen atoms in total. The fraction of sp³-hybridized carbons (Fsp3) is 0.364. The molecule has 148 valence electrons. The standard InChI is InChI=1S/C22H21F2N5/c1-12-7-28-9-13(4-18(23)21(28)25-12)14-5-19(24)22-26-20(11-29(22)10-14)17-6-16-3-15(17)8-27(16)2/h4-5,7,9-11,15-17H,3,6,8H2,1-2H3/t15-,16+,17-/m0/s1. The highest BCUT2D eigenvalue weighted by molar-refractivity contribution is 5.66. The van der Waals surface area contributed by atoms with Crippen LogP contribution in [0.15, 0.2) is 36.9 Å². The number of piperidine rings is 1. The van der Waals surface area contributed by atoms with Crippen LogP contribution in [0.5, 0.6) is 0 Å². The molecule has 0 N–H and O–H groups in total. The van der Waals surface area contributed by atoms with Crippen LogP contribution in [0.3, 0.4) is 0 Å². The second-order valence-corrected chi connectivity index (χ2v) is 8.59. The van der Waals surface area contributed by atoms with Gasteiger partial charge in [0.1, 0.15) is 0 Å². The summed E-state index contributed by atoms with van der Waals surface area (Å²) < 4.78 is 32.8. The zero-order valence-corrected chi connectivity index (χ0v) is 16.3. The molecule has 2 bridgehead atoms. The molecule has 29 heavy (non-hydrogen) atoms. The van der Waals surface area contributed by atoms with Gasteiger partial charge in [-0.25, -0.2) is 18.7 Å². The van der Waals surface area contributed by atoms with Gasteiger partial charge in [0.2, 0.25) is 0 Å². The van der Waals surface area contributed by atoms with E-state index < -0.39 is 11.6 Å². The number of hydrogen-bond acceptors (Lipinski definition) is 3. The van der Waals surface area contributed by atoms with Crippen LogP contribution in [0.25, 0.3) is 22.4 Å². The van der Waals surface area contributed by atoms with Crippen molar-refractivity contribution in [2.45, 2.75) is 31.7 Å². The summed E-state index contributed by atoms with van der Waals surface area (Å²) in [5.41, 5.74) is 3.52. The number of aromatic nitrogens is 4. The van der Waals surface area contributed by atoms with Crippen molar-refractivity contribution in [2.24, 2.45) is 5.92 Å². The minimum absolute atomic E-state index is 0.277. The van der Waals surface area contributed by atoms with Crippen molar-refractivity contribution in [3.63, 3.8) is 0 Å². The Kier molecular flexibility index (Phi) is 3.45. The highest BCUT2D eigenvalue weighted by Gasteiger charge is 2.44. The highest BCUT2D eigenvalue weighted by Crippen LogP contribution is 2.46. The zero-order valence-electron chi connectivity index (χ0n) is 16.3. The Morgan fingerprint density at radius 1 is 0.897 bits per heavy atom. The van der Waals surface area contributed by atoms with Crippen LogP contribution in [0.1, 0.15) is 30.1 Å². The summed E-state index contributed by atoms with van der Waals surface area (Å²) >= 11 is 0. The Labute approximate surface area is 166 Å². The molecule has 2 fully saturated rings. The monoisotopic (exact) mass is 393 g/mol. The molecule has 4 aromatic rings. The van der Waals surface area contributed by atoms with Crippen molar-refractivity contribution in [3.8, 4) is 11.1 Å². The van der Waals surface area contributed by atoms with Gasteiger partial charge in [0.25, 0.3) is 0 Å². The maximum Gasteiger partial charge on any atom is 0.173 e. The number of pyridine rings is 2. The Balaban J connectivity index is 1.43. The van der Waals surface area contributed by atoms with E-state index in [0.717, 1.165) is 24.4 Å². The second kappa shape index (κ2) is 5.86.